The van der Waals surface area contributed by atoms with Crippen LogP contribution in [0.4, 0.5) is 8.78 Å². The third kappa shape index (κ3) is 8.43. The number of nitrogens with two attached hydrogens (primary N) is 1. The van der Waals surface area contributed by atoms with Gasteiger partial charge >= 0.3 is 0 Å². The molecule has 11 heteroatoms. The smallest absolute Gasteiger partial charge is 0.293 e. The lowest BCUT2D eigenvalue weighted by Gasteiger charge is -2.17. The molecule has 2 heterocycles. The quantitative estimate of drug-likeness (QED) is 0.166. The maximum atomic E-state index is 13.1. The molecule has 0 aliphatic rings. The molecule has 0 aliphatic carbocycles. The fraction of sp³-hybridized carbons (Fsp3) is 0.0526. The van der Waals surface area contributed by atoms with Crippen LogP contribution in [0, 0.1) is 18.2 Å². The van der Waals surface area contributed by atoms with Crippen LogP contribution in [-0.2, 0) is 4.79 Å². The second-order valence-electron chi connectivity index (χ2n) is 10.5. The number of benzene rings is 4. The summed E-state index contributed by atoms with van der Waals surface area (Å²) in [5.74, 6) is -2.14. The van der Waals surface area contributed by atoms with Crippen LogP contribution >= 0.6 is 46.4 Å². The number of nitrogens with zero attached hydrogens (tertiary/aromatic N) is 3. The number of carbonyl (C=O) groups excluding carboxylic acids is 1. The summed E-state index contributed by atoms with van der Waals surface area (Å²) in [7, 11) is 0. The van der Waals surface area contributed by atoms with Crippen LogP contribution in [0.25, 0.3) is 27.4 Å². The number of halogens is 6. The number of aromatic nitrogens is 2. The third-order valence-electron chi connectivity index (χ3n) is 7.37. The van der Waals surface area contributed by atoms with Gasteiger partial charge < -0.3 is 10.6 Å². The summed E-state index contributed by atoms with van der Waals surface area (Å²) in [4.78, 5) is 24.8. The summed E-state index contributed by atoms with van der Waals surface area (Å²) < 4.78 is 26.2. The molecule has 6 aromatic rings. The molecule has 6 rings (SSSR count). The van der Waals surface area contributed by atoms with Gasteiger partial charge in [0.1, 0.15) is 23.2 Å². The molecule has 5 nitrogen and oxygen atoms in total. The second-order valence-corrected chi connectivity index (χ2v) is 12.2. The Morgan fingerprint density at radius 1 is 0.592 bits per heavy atom. The van der Waals surface area contributed by atoms with Gasteiger partial charge in [-0.25, -0.2) is 20.3 Å². The van der Waals surface area contributed by atoms with E-state index in [1.165, 1.54) is 24.3 Å². The van der Waals surface area contributed by atoms with E-state index in [0.29, 0.717) is 54.0 Å². The zero-order valence-electron chi connectivity index (χ0n) is 25.3. The molecule has 0 saturated heterocycles. The third-order valence-corrected chi connectivity index (χ3v) is 8.69. The van der Waals surface area contributed by atoms with Crippen molar-refractivity contribution in [1.29, 1.82) is 0 Å². The van der Waals surface area contributed by atoms with Crippen LogP contribution in [0.5, 0.6) is 0 Å². The molecule has 2 atom stereocenters. The lowest BCUT2D eigenvalue weighted by atomic mass is 9.94. The molecule has 0 fully saturated rings. The normalized spacial score (nSPS) is 11.9. The number of rotatable bonds is 7. The van der Waals surface area contributed by atoms with Crippen molar-refractivity contribution in [2.75, 3.05) is 0 Å². The Labute approximate surface area is 301 Å². The summed E-state index contributed by atoms with van der Waals surface area (Å²) in [6.07, 6.45) is 0. The molecular formula is C38H24Cl4F2N4O. The van der Waals surface area contributed by atoms with E-state index in [4.69, 9.17) is 58.7 Å². The minimum absolute atomic E-state index is 0.309. The molecule has 0 spiro atoms. The first-order chi connectivity index (χ1) is 23.6. The van der Waals surface area contributed by atoms with Crippen LogP contribution in [-0.4, -0.2) is 15.9 Å². The van der Waals surface area contributed by atoms with Gasteiger partial charge in [-0.1, -0.05) is 70.7 Å². The number of hydrogen-bond donors (Lipinski definition) is 1. The van der Waals surface area contributed by atoms with Crippen molar-refractivity contribution in [3.63, 3.8) is 0 Å². The second kappa shape index (κ2) is 16.0. The average molecular weight is 732 g/mol. The van der Waals surface area contributed by atoms with E-state index >= 15 is 0 Å². The van der Waals surface area contributed by atoms with Crippen LogP contribution in [0.3, 0.4) is 0 Å². The molecular weight excluding hydrogens is 708 g/mol. The van der Waals surface area contributed by atoms with Crippen molar-refractivity contribution >= 4 is 52.3 Å². The number of pyridine rings is 2. The predicted octanol–water partition coefficient (Wildman–Crippen LogP) is 11.0. The molecule has 0 aliphatic heterocycles. The van der Waals surface area contributed by atoms with Crippen LogP contribution in [0.1, 0.15) is 34.5 Å². The van der Waals surface area contributed by atoms with E-state index in [9.17, 15) is 13.6 Å². The Hall–Kier alpha value is -4.84. The van der Waals surface area contributed by atoms with Crippen molar-refractivity contribution in [2.45, 2.75) is 12.0 Å². The van der Waals surface area contributed by atoms with Crippen LogP contribution < -0.4 is 5.73 Å². The predicted molar refractivity (Wildman–Crippen MR) is 192 cm³/mol. The molecule has 244 valence electrons. The highest BCUT2D eigenvalue weighted by molar-refractivity contribution is 6.37. The molecule has 2 unspecified atom stereocenters. The topological polar surface area (TPSA) is 73.2 Å². The van der Waals surface area contributed by atoms with Crippen molar-refractivity contribution in [3.8, 4) is 22.5 Å². The Morgan fingerprint density at radius 2 is 0.980 bits per heavy atom. The van der Waals surface area contributed by atoms with Gasteiger partial charge in [0.05, 0.1) is 32.7 Å². The van der Waals surface area contributed by atoms with Gasteiger partial charge in [-0.15, -0.1) is 0 Å². The van der Waals surface area contributed by atoms with E-state index in [0.717, 1.165) is 11.1 Å². The van der Waals surface area contributed by atoms with Crippen molar-refractivity contribution in [1.82, 2.24) is 9.97 Å². The highest BCUT2D eigenvalue weighted by atomic mass is 35.5. The summed E-state index contributed by atoms with van der Waals surface area (Å²) >= 11 is 24.9. The van der Waals surface area contributed by atoms with E-state index < -0.39 is 17.9 Å². The monoisotopic (exact) mass is 730 g/mol. The van der Waals surface area contributed by atoms with Crippen molar-refractivity contribution < 1.29 is 13.6 Å². The SMILES string of the molecule is NC(=O)C(c1cccc(-c2ccc(F)cc2)n1)c1c(Cl)cccc1Cl.[C-]#[N+]C(c1cccc(-c2ccc(F)cc2)n1)c1c(Cl)cccc1Cl. The average Bonchev–Trinajstić information content (AvgIpc) is 3.09. The maximum Gasteiger partial charge on any atom is 0.293 e. The molecule has 49 heavy (non-hydrogen) atoms. The Kier molecular flexibility index (Phi) is 11.6. The Morgan fingerprint density at radius 3 is 1.41 bits per heavy atom. The summed E-state index contributed by atoms with van der Waals surface area (Å²) in [5.41, 5.74) is 10.3. The highest BCUT2D eigenvalue weighted by Gasteiger charge is 2.28. The van der Waals surface area contributed by atoms with Gasteiger partial charge in [-0.2, -0.15) is 0 Å². The van der Waals surface area contributed by atoms with E-state index in [2.05, 4.69) is 14.8 Å². The van der Waals surface area contributed by atoms with E-state index in [-0.39, 0.29) is 11.6 Å². The maximum absolute atomic E-state index is 13.1. The summed E-state index contributed by atoms with van der Waals surface area (Å²) in [6.45, 7) is 7.55. The van der Waals surface area contributed by atoms with Crippen molar-refractivity contribution in [3.05, 3.63) is 187 Å². The molecule has 4 aromatic carbocycles. The summed E-state index contributed by atoms with van der Waals surface area (Å²) in [6, 6.07) is 32.0. The molecule has 0 radical (unpaired) electrons. The summed E-state index contributed by atoms with van der Waals surface area (Å²) in [5, 5.41) is 1.53. The number of amides is 1. The van der Waals surface area contributed by atoms with Gasteiger partial charge in [-0.3, -0.25) is 9.78 Å². The standard InChI is InChI=1S/C19H13Cl2FN2O.C19H11Cl2FN2/c20-13-3-1-4-14(21)17(13)18(19(23)25)16-6-2-5-15(24-16)11-7-9-12(22)10-8-11;1-23-19(18-14(20)4-2-5-15(18)21)17-7-3-6-16(24-17)12-8-10-13(22)11-9-12/h1-10,18H,(H2,23,25);2-11,19H. The zero-order valence-corrected chi connectivity index (χ0v) is 28.3. The highest BCUT2D eigenvalue weighted by Crippen LogP contribution is 2.37. The lowest BCUT2D eigenvalue weighted by molar-refractivity contribution is -0.118. The molecule has 0 saturated carbocycles. The minimum Gasteiger partial charge on any atom is -0.369 e. The van der Waals surface area contributed by atoms with Crippen molar-refractivity contribution in [2.24, 2.45) is 5.73 Å². The van der Waals surface area contributed by atoms with Gasteiger partial charge in [0, 0.05) is 26.7 Å². The van der Waals surface area contributed by atoms with Crippen LogP contribution in [0.15, 0.2) is 121 Å². The first-order valence-electron chi connectivity index (χ1n) is 14.6. The molecule has 2 aromatic heterocycles. The Balaban J connectivity index is 0.000000191. The number of primary amides is 1. The fourth-order valence-corrected chi connectivity index (χ4v) is 6.27. The Bertz CT molecular complexity index is 2120. The molecule has 0 bridgehead atoms. The fourth-order valence-electron chi connectivity index (χ4n) is 5.05. The first kappa shape index (κ1) is 35.5. The zero-order chi connectivity index (χ0) is 35.1. The van der Waals surface area contributed by atoms with Gasteiger partial charge in [0.25, 0.3) is 6.04 Å². The number of hydrogen-bond acceptors (Lipinski definition) is 3. The van der Waals surface area contributed by atoms with E-state index in [1.54, 1.807) is 84.9 Å². The largest absolute Gasteiger partial charge is 0.369 e. The van der Waals surface area contributed by atoms with Gasteiger partial charge in [0.2, 0.25) is 5.91 Å². The number of carbonyl (C=O) groups is 1. The molecule has 1 amide bonds. The first-order valence-corrected chi connectivity index (χ1v) is 16.1. The minimum atomic E-state index is -0.887. The molecule has 2 N–H and O–H groups in total. The van der Waals surface area contributed by atoms with Crippen LogP contribution in [0.2, 0.25) is 20.1 Å². The van der Waals surface area contributed by atoms with Gasteiger partial charge in [-0.05, 0) is 97.1 Å². The lowest BCUT2D eigenvalue weighted by Crippen LogP contribution is -2.24. The van der Waals surface area contributed by atoms with Gasteiger partial charge in [0.15, 0.2) is 0 Å². The van der Waals surface area contributed by atoms with E-state index in [1.807, 2.05) is 12.1 Å².